The highest BCUT2D eigenvalue weighted by atomic mass is 16.3. The molecule has 2 rings (SSSR count). The summed E-state index contributed by atoms with van der Waals surface area (Å²) >= 11 is 0. The van der Waals surface area contributed by atoms with Gasteiger partial charge in [0.2, 0.25) is 0 Å². The molecule has 0 aromatic rings. The first-order valence-corrected chi connectivity index (χ1v) is 4.15. The summed E-state index contributed by atoms with van der Waals surface area (Å²) in [4.78, 5) is 0. The molecule has 56 valence electrons. The van der Waals surface area contributed by atoms with Crippen LogP contribution in [0, 0.1) is 11.8 Å². The van der Waals surface area contributed by atoms with Gasteiger partial charge in [-0.05, 0) is 25.7 Å². The number of allylic oxidation sites excluding steroid dienone is 1. The van der Waals surface area contributed by atoms with Crippen LogP contribution in [0.5, 0.6) is 0 Å². The van der Waals surface area contributed by atoms with E-state index in [9.17, 15) is 5.11 Å². The van der Waals surface area contributed by atoms with Gasteiger partial charge in [-0.1, -0.05) is 18.1 Å². The molecule has 2 aliphatic rings. The van der Waals surface area contributed by atoms with Crippen molar-refractivity contribution in [1.82, 2.24) is 0 Å². The van der Waals surface area contributed by atoms with Crippen LogP contribution < -0.4 is 0 Å². The van der Waals surface area contributed by atoms with Crippen LogP contribution in [0.2, 0.25) is 0 Å². The number of hydrogen-bond acceptors (Lipinski definition) is 1. The average Bonchev–Trinajstić information content (AvgIpc) is 1.91. The fourth-order valence-corrected chi connectivity index (χ4v) is 2.27. The second kappa shape index (κ2) is 2.09. The van der Waals surface area contributed by atoms with Crippen molar-refractivity contribution in [3.8, 4) is 0 Å². The minimum Gasteiger partial charge on any atom is -0.392 e. The summed E-state index contributed by atoms with van der Waals surface area (Å²) < 4.78 is 0. The van der Waals surface area contributed by atoms with Gasteiger partial charge in [0.15, 0.2) is 0 Å². The summed E-state index contributed by atoms with van der Waals surface area (Å²) in [5.41, 5.74) is 1.50. The van der Waals surface area contributed by atoms with Crippen molar-refractivity contribution in [1.29, 1.82) is 0 Å². The van der Waals surface area contributed by atoms with Gasteiger partial charge in [0.1, 0.15) is 0 Å². The molecule has 1 nitrogen and oxygen atoms in total. The van der Waals surface area contributed by atoms with E-state index >= 15 is 0 Å². The number of fused-ring (bicyclic) bond motifs is 1. The first kappa shape index (κ1) is 6.41. The molecule has 1 N–H and O–H groups in total. The van der Waals surface area contributed by atoms with E-state index in [2.05, 4.69) is 13.0 Å². The van der Waals surface area contributed by atoms with E-state index in [4.69, 9.17) is 0 Å². The van der Waals surface area contributed by atoms with Crippen molar-refractivity contribution in [3.63, 3.8) is 0 Å². The maximum atomic E-state index is 9.47. The molecule has 0 bridgehead atoms. The zero-order valence-electron chi connectivity index (χ0n) is 6.38. The highest BCUT2D eigenvalue weighted by Gasteiger charge is 2.37. The maximum Gasteiger partial charge on any atom is 0.0608 e. The van der Waals surface area contributed by atoms with E-state index in [1.54, 1.807) is 0 Å². The van der Waals surface area contributed by atoms with Gasteiger partial charge >= 0.3 is 0 Å². The van der Waals surface area contributed by atoms with E-state index < -0.39 is 0 Å². The van der Waals surface area contributed by atoms with Crippen molar-refractivity contribution in [3.05, 3.63) is 11.6 Å². The van der Waals surface area contributed by atoms with Crippen LogP contribution in [-0.2, 0) is 0 Å². The molecular formula is C9H14O. The smallest absolute Gasteiger partial charge is 0.0608 e. The molecule has 0 radical (unpaired) electrons. The van der Waals surface area contributed by atoms with Gasteiger partial charge in [-0.25, -0.2) is 0 Å². The molecule has 10 heavy (non-hydrogen) atoms. The molecule has 0 aromatic heterocycles. The van der Waals surface area contributed by atoms with Crippen LogP contribution in [0.25, 0.3) is 0 Å². The summed E-state index contributed by atoms with van der Waals surface area (Å²) in [6, 6.07) is 0. The molecule has 2 aliphatic carbocycles. The second-order valence-electron chi connectivity index (χ2n) is 3.59. The van der Waals surface area contributed by atoms with Crippen LogP contribution in [0.1, 0.15) is 26.2 Å². The third-order valence-electron chi connectivity index (χ3n) is 2.96. The minimum absolute atomic E-state index is 0.0255. The molecule has 1 fully saturated rings. The van der Waals surface area contributed by atoms with E-state index in [0.29, 0.717) is 5.92 Å². The first-order valence-electron chi connectivity index (χ1n) is 4.15. The SMILES string of the molecule is CC1=C[C@H]2[C@@H](O)CCC[C@@H]12. The Morgan fingerprint density at radius 2 is 2.30 bits per heavy atom. The van der Waals surface area contributed by atoms with Gasteiger partial charge in [-0.3, -0.25) is 0 Å². The van der Waals surface area contributed by atoms with Crippen molar-refractivity contribution >= 4 is 0 Å². The van der Waals surface area contributed by atoms with Crippen LogP contribution in [0.3, 0.4) is 0 Å². The summed E-state index contributed by atoms with van der Waals surface area (Å²) in [6.45, 7) is 2.18. The van der Waals surface area contributed by atoms with E-state index in [0.717, 1.165) is 12.3 Å². The molecule has 0 aromatic carbocycles. The molecule has 1 saturated carbocycles. The Morgan fingerprint density at radius 3 is 2.90 bits per heavy atom. The fraction of sp³-hybridized carbons (Fsp3) is 0.778. The Bertz CT molecular complexity index is 172. The van der Waals surface area contributed by atoms with Crippen LogP contribution in [0.15, 0.2) is 11.6 Å². The molecule has 3 atom stereocenters. The lowest BCUT2D eigenvalue weighted by Gasteiger charge is -2.41. The molecule has 0 aliphatic heterocycles. The first-order chi connectivity index (χ1) is 4.79. The van der Waals surface area contributed by atoms with E-state index in [1.807, 2.05) is 0 Å². The highest BCUT2D eigenvalue weighted by Crippen LogP contribution is 2.43. The van der Waals surface area contributed by atoms with Crippen LogP contribution in [-0.4, -0.2) is 11.2 Å². The highest BCUT2D eigenvalue weighted by molar-refractivity contribution is 5.22. The normalized spacial score (nSPS) is 45.4. The number of aliphatic hydroxyl groups is 1. The summed E-state index contributed by atoms with van der Waals surface area (Å²) in [7, 11) is 0. The summed E-state index contributed by atoms with van der Waals surface area (Å²) in [5, 5.41) is 9.47. The number of hydrogen-bond donors (Lipinski definition) is 1. The van der Waals surface area contributed by atoms with Gasteiger partial charge in [-0.2, -0.15) is 0 Å². The largest absolute Gasteiger partial charge is 0.392 e. The van der Waals surface area contributed by atoms with Gasteiger partial charge in [0.05, 0.1) is 6.10 Å². The van der Waals surface area contributed by atoms with Gasteiger partial charge in [0.25, 0.3) is 0 Å². The second-order valence-corrected chi connectivity index (χ2v) is 3.59. The predicted molar refractivity (Wildman–Crippen MR) is 40.6 cm³/mol. The van der Waals surface area contributed by atoms with Crippen molar-refractivity contribution in [2.24, 2.45) is 11.8 Å². The molecule has 0 saturated heterocycles. The quantitative estimate of drug-likeness (QED) is 0.505. The number of aliphatic hydroxyl groups excluding tert-OH is 1. The Morgan fingerprint density at radius 1 is 1.50 bits per heavy atom. The Labute approximate surface area is 61.8 Å². The molecule has 0 amide bonds. The molecule has 0 heterocycles. The van der Waals surface area contributed by atoms with Crippen molar-refractivity contribution in [2.75, 3.05) is 0 Å². The third kappa shape index (κ3) is 0.734. The van der Waals surface area contributed by atoms with Crippen molar-refractivity contribution < 1.29 is 5.11 Å². The topological polar surface area (TPSA) is 20.2 Å². The van der Waals surface area contributed by atoms with Gasteiger partial charge in [0, 0.05) is 5.92 Å². The zero-order valence-corrected chi connectivity index (χ0v) is 6.38. The third-order valence-corrected chi connectivity index (χ3v) is 2.96. The van der Waals surface area contributed by atoms with Gasteiger partial charge < -0.3 is 5.11 Å². The zero-order chi connectivity index (χ0) is 7.14. The Kier molecular flexibility index (Phi) is 1.34. The van der Waals surface area contributed by atoms with E-state index in [-0.39, 0.29) is 6.10 Å². The summed E-state index contributed by atoms with van der Waals surface area (Å²) in [6.07, 6.45) is 5.75. The number of rotatable bonds is 0. The lowest BCUT2D eigenvalue weighted by molar-refractivity contribution is 0.0536. The molecule has 0 unspecified atom stereocenters. The Balaban J connectivity index is 2.12. The monoisotopic (exact) mass is 138 g/mol. The van der Waals surface area contributed by atoms with Crippen LogP contribution in [0.4, 0.5) is 0 Å². The van der Waals surface area contributed by atoms with Crippen molar-refractivity contribution in [2.45, 2.75) is 32.3 Å². The lowest BCUT2D eigenvalue weighted by Crippen LogP contribution is -2.37. The van der Waals surface area contributed by atoms with E-state index in [1.165, 1.54) is 18.4 Å². The maximum absolute atomic E-state index is 9.47. The predicted octanol–water partition coefficient (Wildman–Crippen LogP) is 1.72. The standard InChI is InChI=1S/C9H14O/c1-6-5-8-7(6)3-2-4-9(8)10/h5,7-10H,2-4H2,1H3/t7-,8+,9-/m0/s1. The fourth-order valence-electron chi connectivity index (χ4n) is 2.27. The van der Waals surface area contributed by atoms with Gasteiger partial charge in [-0.15, -0.1) is 0 Å². The van der Waals surface area contributed by atoms with Crippen LogP contribution >= 0.6 is 0 Å². The summed E-state index contributed by atoms with van der Waals surface area (Å²) in [5.74, 6) is 1.26. The lowest BCUT2D eigenvalue weighted by atomic mass is 9.66. The molecule has 0 spiro atoms. The molecule has 1 heteroatoms. The molecular weight excluding hydrogens is 124 g/mol. The average molecular weight is 138 g/mol. The minimum atomic E-state index is -0.0255. The Hall–Kier alpha value is -0.300.